The van der Waals surface area contributed by atoms with Crippen molar-refractivity contribution >= 4 is 15.9 Å². The fraction of sp³-hybridized carbons (Fsp3) is 0.650. The molecule has 0 aliphatic carbocycles. The van der Waals surface area contributed by atoms with Gasteiger partial charge in [0.05, 0.1) is 45.2 Å². The molecule has 166 valence electrons. The maximum atomic E-state index is 12.3. The Bertz CT molecular complexity index is 736. The quantitative estimate of drug-likeness (QED) is 0.398. The van der Waals surface area contributed by atoms with E-state index in [1.165, 1.54) is 19.1 Å². The smallest absolute Gasteiger partial charge is 0.255 e. The lowest BCUT2D eigenvalue weighted by atomic mass is 10.2. The first-order valence-electron chi connectivity index (χ1n) is 10.1. The highest BCUT2D eigenvalue weighted by Gasteiger charge is 2.17. The average Bonchev–Trinajstić information content (AvgIpc) is 2.69. The summed E-state index contributed by atoms with van der Waals surface area (Å²) in [5.41, 5.74) is 0.325. The minimum atomic E-state index is -3.47. The van der Waals surface area contributed by atoms with Crippen molar-refractivity contribution in [2.75, 3.05) is 46.2 Å². The van der Waals surface area contributed by atoms with Gasteiger partial charge in [0, 0.05) is 18.7 Å². The molecule has 1 rings (SSSR count). The average molecular weight is 431 g/mol. The molecule has 3 N–H and O–H groups in total. The normalized spacial score (nSPS) is 12.6. The molecule has 0 fully saturated rings. The van der Waals surface area contributed by atoms with Gasteiger partial charge >= 0.3 is 0 Å². The van der Waals surface area contributed by atoms with Crippen molar-refractivity contribution in [3.8, 4) is 11.5 Å². The van der Waals surface area contributed by atoms with Crippen LogP contribution >= 0.6 is 0 Å². The molecule has 0 aliphatic rings. The molecule has 0 aliphatic heterocycles. The van der Waals surface area contributed by atoms with E-state index in [0.29, 0.717) is 17.1 Å². The zero-order valence-electron chi connectivity index (χ0n) is 18.2. The van der Waals surface area contributed by atoms with Gasteiger partial charge in [0.2, 0.25) is 10.0 Å². The van der Waals surface area contributed by atoms with Crippen molar-refractivity contribution in [1.29, 1.82) is 0 Å². The molecular weight excluding hydrogens is 394 g/mol. The lowest BCUT2D eigenvalue weighted by Gasteiger charge is -2.18. The maximum absolute atomic E-state index is 12.3. The van der Waals surface area contributed by atoms with Gasteiger partial charge in [-0.25, -0.2) is 13.1 Å². The van der Waals surface area contributed by atoms with E-state index in [0.717, 1.165) is 32.5 Å². The summed E-state index contributed by atoms with van der Waals surface area (Å²) in [6.07, 6.45) is 1.76. The molecule has 1 atom stereocenters. The first-order chi connectivity index (χ1) is 13.8. The Hall–Kier alpha value is -1.84. The van der Waals surface area contributed by atoms with Crippen LogP contribution in [0.2, 0.25) is 0 Å². The zero-order chi connectivity index (χ0) is 21.9. The first kappa shape index (κ1) is 25.2. The number of sulfonamides is 1. The van der Waals surface area contributed by atoms with Gasteiger partial charge in [0.15, 0.2) is 0 Å². The van der Waals surface area contributed by atoms with Crippen LogP contribution in [0.4, 0.5) is 0 Å². The lowest BCUT2D eigenvalue weighted by molar-refractivity contribution is -0.896. The molecule has 0 saturated heterocycles. The minimum absolute atomic E-state index is 0.0136. The minimum Gasteiger partial charge on any atom is -0.497 e. The van der Waals surface area contributed by atoms with Crippen molar-refractivity contribution in [3.05, 3.63) is 23.8 Å². The predicted octanol–water partition coefficient (Wildman–Crippen LogP) is 0.446. The highest BCUT2D eigenvalue weighted by atomic mass is 32.2. The number of quaternary nitrogens is 1. The number of ether oxygens (including phenoxy) is 2. The number of amides is 1. The van der Waals surface area contributed by atoms with Crippen molar-refractivity contribution in [1.82, 2.24) is 10.0 Å². The molecule has 0 heterocycles. The molecular formula is C20H36N3O5S+. The topological polar surface area (TPSA) is 98.2 Å². The number of nitrogens with one attached hydrogen (secondary N) is 3. The Morgan fingerprint density at radius 2 is 1.86 bits per heavy atom. The van der Waals surface area contributed by atoms with Gasteiger partial charge in [-0.1, -0.05) is 0 Å². The highest BCUT2D eigenvalue weighted by Crippen LogP contribution is 2.24. The van der Waals surface area contributed by atoms with Crippen LogP contribution in [0, 0.1) is 0 Å². The number of carbonyl (C=O) groups is 1. The van der Waals surface area contributed by atoms with E-state index in [9.17, 15) is 13.2 Å². The second kappa shape index (κ2) is 12.7. The van der Waals surface area contributed by atoms with E-state index in [1.54, 1.807) is 18.2 Å². The summed E-state index contributed by atoms with van der Waals surface area (Å²) in [5.74, 6) is 0.367. The molecule has 1 aromatic carbocycles. The van der Waals surface area contributed by atoms with Crippen LogP contribution in [0.3, 0.4) is 0 Å². The SMILES string of the molecule is CC[NH+](CC)CCC[C@@H](C)NS(=O)(=O)CCNC(=O)c1ccc(OC)cc1OC. The molecule has 8 nitrogen and oxygen atoms in total. The Balaban J connectivity index is 2.46. The Morgan fingerprint density at radius 1 is 1.17 bits per heavy atom. The van der Waals surface area contributed by atoms with Crippen LogP contribution in [-0.4, -0.2) is 66.5 Å². The van der Waals surface area contributed by atoms with Gasteiger partial charge in [0.1, 0.15) is 11.5 Å². The predicted molar refractivity (Wildman–Crippen MR) is 114 cm³/mol. The monoisotopic (exact) mass is 430 g/mol. The van der Waals surface area contributed by atoms with E-state index in [-0.39, 0.29) is 18.3 Å². The molecule has 1 amide bonds. The maximum Gasteiger partial charge on any atom is 0.255 e. The number of hydrogen-bond acceptors (Lipinski definition) is 5. The van der Waals surface area contributed by atoms with Crippen molar-refractivity contribution < 1.29 is 27.6 Å². The van der Waals surface area contributed by atoms with E-state index in [2.05, 4.69) is 23.9 Å². The molecule has 1 aromatic rings. The van der Waals surface area contributed by atoms with Crippen molar-refractivity contribution in [3.63, 3.8) is 0 Å². The molecule has 0 unspecified atom stereocenters. The molecule has 0 saturated carbocycles. The molecule has 0 spiro atoms. The van der Waals surface area contributed by atoms with E-state index in [4.69, 9.17) is 9.47 Å². The van der Waals surface area contributed by atoms with Crippen LogP contribution in [0.5, 0.6) is 11.5 Å². The summed E-state index contributed by atoms with van der Waals surface area (Å²) in [7, 11) is -0.482. The van der Waals surface area contributed by atoms with Crippen molar-refractivity contribution in [2.45, 2.75) is 39.7 Å². The summed E-state index contributed by atoms with van der Waals surface area (Å²) in [4.78, 5) is 13.9. The fourth-order valence-corrected chi connectivity index (χ4v) is 4.29. The number of hydrogen-bond donors (Lipinski definition) is 3. The highest BCUT2D eigenvalue weighted by molar-refractivity contribution is 7.89. The summed E-state index contributed by atoms with van der Waals surface area (Å²) >= 11 is 0. The number of methoxy groups -OCH3 is 2. The number of rotatable bonds is 14. The first-order valence-corrected chi connectivity index (χ1v) is 11.7. The molecule has 0 bridgehead atoms. The van der Waals surface area contributed by atoms with Crippen LogP contribution in [0.15, 0.2) is 18.2 Å². The van der Waals surface area contributed by atoms with Crippen LogP contribution in [-0.2, 0) is 10.0 Å². The third kappa shape index (κ3) is 9.01. The van der Waals surface area contributed by atoms with Gasteiger partial charge in [-0.15, -0.1) is 0 Å². The lowest BCUT2D eigenvalue weighted by Crippen LogP contribution is -3.11. The largest absolute Gasteiger partial charge is 0.497 e. The summed E-state index contributed by atoms with van der Waals surface area (Å²) in [6.45, 7) is 9.39. The zero-order valence-corrected chi connectivity index (χ0v) is 19.0. The number of carbonyl (C=O) groups excluding carboxylic acids is 1. The Morgan fingerprint density at radius 3 is 2.45 bits per heavy atom. The summed E-state index contributed by atoms with van der Waals surface area (Å²) in [6, 6.07) is 4.71. The van der Waals surface area contributed by atoms with Crippen LogP contribution < -0.4 is 24.4 Å². The Kier molecular flexibility index (Phi) is 11.0. The van der Waals surface area contributed by atoms with E-state index in [1.807, 2.05) is 6.92 Å². The molecule has 0 aromatic heterocycles. The Labute approximate surface area is 175 Å². The standard InChI is InChI=1S/C20H35N3O5S/c1-6-23(7-2)13-8-9-16(3)22-29(25,26)14-12-21-20(24)18-11-10-17(27-4)15-19(18)28-5/h10-11,15-16,22H,6-9,12-14H2,1-5H3,(H,21,24)/p+1/t16-/m1/s1. The third-order valence-electron chi connectivity index (χ3n) is 4.86. The van der Waals surface area contributed by atoms with Gasteiger partial charge in [-0.05, 0) is 45.7 Å². The van der Waals surface area contributed by atoms with E-state index < -0.39 is 15.9 Å². The summed E-state index contributed by atoms with van der Waals surface area (Å²) in [5, 5.41) is 2.63. The fourth-order valence-electron chi connectivity index (χ4n) is 3.07. The van der Waals surface area contributed by atoms with E-state index >= 15 is 0 Å². The number of benzene rings is 1. The van der Waals surface area contributed by atoms with Crippen molar-refractivity contribution in [2.24, 2.45) is 0 Å². The van der Waals surface area contributed by atoms with Gasteiger partial charge in [0.25, 0.3) is 5.91 Å². The van der Waals surface area contributed by atoms with Gasteiger partial charge in [-0.3, -0.25) is 4.79 Å². The third-order valence-corrected chi connectivity index (χ3v) is 6.36. The van der Waals surface area contributed by atoms with Crippen LogP contribution in [0.25, 0.3) is 0 Å². The molecule has 0 radical (unpaired) electrons. The molecule has 9 heteroatoms. The van der Waals surface area contributed by atoms with Gasteiger partial charge < -0.3 is 19.7 Å². The second-order valence-corrected chi connectivity index (χ2v) is 8.88. The second-order valence-electron chi connectivity index (χ2n) is 7.01. The molecule has 29 heavy (non-hydrogen) atoms. The summed E-state index contributed by atoms with van der Waals surface area (Å²) < 4.78 is 37.5. The van der Waals surface area contributed by atoms with Crippen LogP contribution in [0.1, 0.15) is 44.0 Å². The van der Waals surface area contributed by atoms with Gasteiger partial charge in [-0.2, -0.15) is 0 Å².